The molecule has 2 aliphatic heterocycles. The van der Waals surface area contributed by atoms with E-state index in [1.807, 2.05) is 48.1 Å². The van der Waals surface area contributed by atoms with Crippen LogP contribution in [0.5, 0.6) is 0 Å². The van der Waals surface area contributed by atoms with E-state index in [-0.39, 0.29) is 5.91 Å². The fraction of sp³-hybridized carbons (Fsp3) is 0.391. The Morgan fingerprint density at radius 1 is 1.10 bits per heavy atom. The molecular weight excluding hydrogens is 376 g/mol. The predicted molar refractivity (Wildman–Crippen MR) is 117 cm³/mol. The third-order valence-corrected chi connectivity index (χ3v) is 6.52. The second-order valence-corrected chi connectivity index (χ2v) is 8.08. The molecule has 4 heterocycles. The quantitative estimate of drug-likeness (QED) is 0.666. The minimum absolute atomic E-state index is 0.156. The monoisotopic (exact) mass is 402 g/mol. The van der Waals surface area contributed by atoms with Gasteiger partial charge in [0.1, 0.15) is 17.1 Å². The van der Waals surface area contributed by atoms with Gasteiger partial charge in [-0.25, -0.2) is 9.97 Å². The Kier molecular flexibility index (Phi) is 4.53. The average molecular weight is 403 g/mol. The Labute approximate surface area is 176 Å². The second-order valence-electron chi connectivity index (χ2n) is 8.08. The van der Waals surface area contributed by atoms with E-state index in [9.17, 15) is 4.79 Å². The van der Waals surface area contributed by atoms with E-state index in [0.717, 1.165) is 61.5 Å². The molecule has 0 bridgehead atoms. The summed E-state index contributed by atoms with van der Waals surface area (Å²) in [4.78, 5) is 31.5. The number of carbonyl (C=O) groups is 1. The molecule has 2 aromatic heterocycles. The molecule has 7 heteroatoms. The molecule has 7 nitrogen and oxygen atoms in total. The zero-order valence-corrected chi connectivity index (χ0v) is 17.5. The van der Waals surface area contributed by atoms with E-state index in [1.165, 1.54) is 0 Å². The number of carbonyl (C=O) groups excluding carboxylic acids is 1. The number of nitrogens with zero attached hydrogens (tertiary/aromatic N) is 6. The fourth-order valence-electron chi connectivity index (χ4n) is 4.86. The molecule has 0 spiro atoms. The van der Waals surface area contributed by atoms with Gasteiger partial charge in [0.2, 0.25) is 5.95 Å². The number of hydrogen-bond donors (Lipinski definition) is 0. The standard InChI is InChI=1S/C23H26N6O/c1-3-23-12-8-5-9-14-29(23)20-18(27(2)21(23)30)16-25-22(26-20)28-15-13-24-19(28)17-10-6-4-7-11-17/h4,6-7,10-11,13,15-16H,3,5,8-9,12,14H2,1-2H3. The van der Waals surface area contributed by atoms with Gasteiger partial charge in [-0.15, -0.1) is 0 Å². The summed E-state index contributed by atoms with van der Waals surface area (Å²) in [5.74, 6) is 2.37. The first-order valence-electron chi connectivity index (χ1n) is 10.7. The van der Waals surface area contributed by atoms with Gasteiger partial charge in [-0.1, -0.05) is 50.1 Å². The summed E-state index contributed by atoms with van der Waals surface area (Å²) in [6.07, 6.45) is 10.3. The number of hydrogen-bond acceptors (Lipinski definition) is 5. The number of benzene rings is 1. The molecule has 1 fully saturated rings. The number of likely N-dealkylation sites (N-methyl/N-ethyl adjacent to an activating group) is 1. The van der Waals surface area contributed by atoms with E-state index >= 15 is 0 Å². The zero-order chi connectivity index (χ0) is 20.7. The molecule has 2 aliphatic rings. The van der Waals surface area contributed by atoms with Crippen LogP contribution in [0.3, 0.4) is 0 Å². The van der Waals surface area contributed by atoms with E-state index < -0.39 is 5.54 Å². The molecule has 154 valence electrons. The number of imidazole rings is 1. The smallest absolute Gasteiger partial charge is 0.252 e. The minimum Gasteiger partial charge on any atom is -0.340 e. The van der Waals surface area contributed by atoms with Crippen LogP contribution in [0.2, 0.25) is 0 Å². The van der Waals surface area contributed by atoms with Crippen molar-refractivity contribution in [3.05, 3.63) is 48.9 Å². The van der Waals surface area contributed by atoms with Crippen molar-refractivity contribution >= 4 is 17.4 Å². The van der Waals surface area contributed by atoms with Crippen molar-refractivity contribution < 1.29 is 4.79 Å². The fourth-order valence-corrected chi connectivity index (χ4v) is 4.86. The van der Waals surface area contributed by atoms with Gasteiger partial charge in [-0.05, 0) is 19.3 Å². The molecule has 30 heavy (non-hydrogen) atoms. The highest BCUT2D eigenvalue weighted by atomic mass is 16.2. The molecule has 0 radical (unpaired) electrons. The molecule has 1 aromatic carbocycles. The van der Waals surface area contributed by atoms with Crippen molar-refractivity contribution in [3.8, 4) is 17.3 Å². The Bertz CT molecular complexity index is 1080. The Hall–Kier alpha value is -3.22. The third kappa shape index (κ3) is 2.72. The van der Waals surface area contributed by atoms with Crippen molar-refractivity contribution in [1.82, 2.24) is 19.5 Å². The Morgan fingerprint density at radius 3 is 2.73 bits per heavy atom. The molecule has 0 N–H and O–H groups in total. The van der Waals surface area contributed by atoms with Gasteiger partial charge in [0.25, 0.3) is 5.91 Å². The topological polar surface area (TPSA) is 67.2 Å². The first-order valence-corrected chi connectivity index (χ1v) is 10.7. The van der Waals surface area contributed by atoms with Crippen molar-refractivity contribution in [2.45, 2.75) is 44.6 Å². The highest BCUT2D eigenvalue weighted by Crippen LogP contribution is 2.44. The lowest BCUT2D eigenvalue weighted by Crippen LogP contribution is -2.62. The predicted octanol–water partition coefficient (Wildman–Crippen LogP) is 3.83. The third-order valence-electron chi connectivity index (χ3n) is 6.52. The average Bonchev–Trinajstić information content (AvgIpc) is 3.18. The SMILES string of the molecule is CCC12CCCCCN1c1nc(-n3ccnc3-c3ccccc3)ncc1N(C)C2=O. The summed E-state index contributed by atoms with van der Waals surface area (Å²) in [7, 11) is 1.84. The Morgan fingerprint density at radius 2 is 1.93 bits per heavy atom. The summed E-state index contributed by atoms with van der Waals surface area (Å²) in [6, 6.07) is 10.0. The van der Waals surface area contributed by atoms with Gasteiger partial charge in [-0.3, -0.25) is 9.36 Å². The van der Waals surface area contributed by atoms with Crippen LogP contribution in [0.1, 0.15) is 39.0 Å². The number of anilines is 2. The van der Waals surface area contributed by atoms with Gasteiger partial charge in [0, 0.05) is 31.5 Å². The van der Waals surface area contributed by atoms with Crippen molar-refractivity contribution in [2.24, 2.45) is 0 Å². The molecule has 1 amide bonds. The van der Waals surface area contributed by atoms with Gasteiger partial charge in [0.05, 0.1) is 6.20 Å². The highest BCUT2D eigenvalue weighted by Gasteiger charge is 2.50. The lowest BCUT2D eigenvalue weighted by molar-refractivity contribution is -0.124. The van der Waals surface area contributed by atoms with Crippen LogP contribution in [0, 0.1) is 0 Å². The largest absolute Gasteiger partial charge is 0.340 e. The summed E-state index contributed by atoms with van der Waals surface area (Å²) in [5.41, 5.74) is 1.27. The van der Waals surface area contributed by atoms with Gasteiger partial charge >= 0.3 is 0 Å². The van der Waals surface area contributed by atoms with Gasteiger partial charge < -0.3 is 9.80 Å². The van der Waals surface area contributed by atoms with Crippen molar-refractivity contribution in [1.29, 1.82) is 0 Å². The van der Waals surface area contributed by atoms with Gasteiger partial charge in [0.15, 0.2) is 5.82 Å². The van der Waals surface area contributed by atoms with Crippen molar-refractivity contribution in [2.75, 3.05) is 23.4 Å². The molecule has 1 atom stereocenters. The van der Waals surface area contributed by atoms with Gasteiger partial charge in [-0.2, -0.15) is 4.98 Å². The van der Waals surface area contributed by atoms with E-state index in [2.05, 4.69) is 21.8 Å². The Balaban J connectivity index is 1.65. The molecule has 5 rings (SSSR count). The number of aromatic nitrogens is 4. The van der Waals surface area contributed by atoms with Crippen molar-refractivity contribution in [3.63, 3.8) is 0 Å². The number of fused-ring (bicyclic) bond motifs is 3. The maximum Gasteiger partial charge on any atom is 0.252 e. The molecule has 1 unspecified atom stereocenters. The van der Waals surface area contributed by atoms with E-state index in [0.29, 0.717) is 5.95 Å². The van der Waals surface area contributed by atoms with Crippen LogP contribution >= 0.6 is 0 Å². The van der Waals surface area contributed by atoms with Crippen LogP contribution in [-0.2, 0) is 4.79 Å². The lowest BCUT2D eigenvalue weighted by Gasteiger charge is -2.48. The molecule has 0 saturated carbocycles. The molecule has 1 saturated heterocycles. The summed E-state index contributed by atoms with van der Waals surface area (Å²) < 4.78 is 1.91. The van der Waals surface area contributed by atoms with Crippen LogP contribution in [-0.4, -0.2) is 44.6 Å². The number of amides is 1. The van der Waals surface area contributed by atoms with Crippen LogP contribution in [0.25, 0.3) is 17.3 Å². The van der Waals surface area contributed by atoms with Crippen LogP contribution < -0.4 is 9.80 Å². The minimum atomic E-state index is -0.513. The highest BCUT2D eigenvalue weighted by molar-refractivity contribution is 6.07. The summed E-state index contributed by atoms with van der Waals surface area (Å²) in [6.45, 7) is 2.95. The maximum atomic E-state index is 13.4. The first kappa shape index (κ1) is 18.8. The van der Waals surface area contributed by atoms with Crippen LogP contribution in [0.4, 0.5) is 11.5 Å². The lowest BCUT2D eigenvalue weighted by atomic mass is 9.85. The van der Waals surface area contributed by atoms with Crippen LogP contribution in [0.15, 0.2) is 48.9 Å². The maximum absolute atomic E-state index is 13.4. The summed E-state index contributed by atoms with van der Waals surface area (Å²) >= 11 is 0. The van der Waals surface area contributed by atoms with E-state index in [1.54, 1.807) is 17.3 Å². The molecule has 3 aromatic rings. The second kappa shape index (κ2) is 7.23. The normalized spacial score (nSPS) is 21.2. The van der Waals surface area contributed by atoms with E-state index in [4.69, 9.17) is 4.98 Å². The zero-order valence-electron chi connectivity index (χ0n) is 17.5. The summed E-state index contributed by atoms with van der Waals surface area (Å²) in [5, 5.41) is 0. The molecule has 0 aliphatic carbocycles. The first-order chi connectivity index (χ1) is 14.7. The molecular formula is C23H26N6O. The number of rotatable bonds is 3.